The van der Waals surface area contributed by atoms with E-state index in [2.05, 4.69) is 17.1 Å². The number of aromatic nitrogens is 1. The Hall–Kier alpha value is -2.19. The Bertz CT molecular complexity index is 920. The van der Waals surface area contributed by atoms with Crippen LogP contribution in [0, 0.1) is 12.3 Å². The summed E-state index contributed by atoms with van der Waals surface area (Å²) in [6.07, 6.45) is -2.64. The number of aryl methyl sites for hydroxylation is 1. The maximum absolute atomic E-state index is 12.4. The number of thiophene rings is 2. The van der Waals surface area contributed by atoms with Gasteiger partial charge in [0.25, 0.3) is 0 Å². The summed E-state index contributed by atoms with van der Waals surface area (Å²) in [7, 11) is 0. The Morgan fingerprint density at radius 3 is 2.58 bits per heavy atom. The third-order valence-corrected chi connectivity index (χ3v) is 5.53. The number of hydrogen-bond donors (Lipinski definition) is 2. The van der Waals surface area contributed by atoms with Crippen molar-refractivity contribution < 1.29 is 13.2 Å². The van der Waals surface area contributed by atoms with Crippen LogP contribution in [0.5, 0.6) is 0 Å². The molecular weight excluding hydrogens is 355 g/mol. The van der Waals surface area contributed by atoms with Crippen LogP contribution in [0.4, 0.5) is 13.2 Å². The normalized spacial score (nSPS) is 12.8. The highest BCUT2D eigenvalue weighted by molar-refractivity contribution is 7.29. The van der Waals surface area contributed by atoms with E-state index in [1.807, 2.05) is 6.92 Å². The van der Waals surface area contributed by atoms with Crippen molar-refractivity contribution in [2.45, 2.75) is 13.1 Å². The molecule has 0 fully saturated rings. The highest BCUT2D eigenvalue weighted by Crippen LogP contribution is 2.38. The van der Waals surface area contributed by atoms with Crippen LogP contribution in [0.1, 0.15) is 10.6 Å². The first-order valence-electron chi connectivity index (χ1n) is 6.84. The quantitative estimate of drug-likeness (QED) is 0.624. The zero-order valence-electron chi connectivity index (χ0n) is 12.4. The van der Waals surface area contributed by atoms with Crippen LogP contribution >= 0.6 is 22.7 Å². The van der Waals surface area contributed by atoms with E-state index in [1.165, 1.54) is 20.5 Å². The van der Waals surface area contributed by atoms with E-state index in [4.69, 9.17) is 11.1 Å². The third-order valence-electron chi connectivity index (χ3n) is 3.28. The van der Waals surface area contributed by atoms with Gasteiger partial charge >= 0.3 is 6.18 Å². The number of pyridine rings is 1. The number of nitrogens with zero attached hydrogens (tertiary/aromatic N) is 1. The predicted octanol–water partition coefficient (Wildman–Crippen LogP) is 5.21. The standard InChI is InChI=1S/C16H12F3N3S2/c1-8-4-13-14(23-8)7-12(24-13)9-2-3-22-11(5-9)10(20)6-15(21)16(17,18)19/h2-7,21H,20H2,1H3/b10-6-,21-15?. The van der Waals surface area contributed by atoms with Gasteiger partial charge in [-0.25, -0.2) is 0 Å². The molecule has 0 amide bonds. The molecule has 3 heterocycles. The van der Waals surface area contributed by atoms with Gasteiger partial charge in [0, 0.05) is 25.4 Å². The fourth-order valence-corrected chi connectivity index (χ4v) is 4.46. The van der Waals surface area contributed by atoms with E-state index in [-0.39, 0.29) is 11.4 Å². The van der Waals surface area contributed by atoms with Crippen LogP contribution in [-0.4, -0.2) is 16.9 Å². The Morgan fingerprint density at radius 2 is 1.92 bits per heavy atom. The molecule has 0 aromatic carbocycles. The van der Waals surface area contributed by atoms with Crippen molar-refractivity contribution >= 4 is 43.5 Å². The second-order valence-electron chi connectivity index (χ2n) is 5.14. The first-order chi connectivity index (χ1) is 11.2. The molecule has 0 saturated carbocycles. The largest absolute Gasteiger partial charge is 0.432 e. The van der Waals surface area contributed by atoms with Gasteiger partial charge < -0.3 is 5.73 Å². The van der Waals surface area contributed by atoms with Gasteiger partial charge in [-0.05, 0) is 42.8 Å². The molecule has 0 saturated heterocycles. The monoisotopic (exact) mass is 367 g/mol. The van der Waals surface area contributed by atoms with Crippen molar-refractivity contribution in [1.82, 2.24) is 4.98 Å². The molecule has 3 nitrogen and oxygen atoms in total. The average molecular weight is 367 g/mol. The number of allylic oxidation sites excluding steroid dienone is 1. The van der Waals surface area contributed by atoms with Gasteiger partial charge in [0.15, 0.2) is 0 Å². The fraction of sp³-hybridized carbons (Fsp3) is 0.125. The van der Waals surface area contributed by atoms with E-state index in [9.17, 15) is 13.2 Å². The highest BCUT2D eigenvalue weighted by atomic mass is 32.1. The molecule has 3 rings (SSSR count). The second-order valence-corrected chi connectivity index (χ2v) is 7.51. The van der Waals surface area contributed by atoms with E-state index in [0.29, 0.717) is 6.08 Å². The minimum Gasteiger partial charge on any atom is -0.397 e. The smallest absolute Gasteiger partial charge is 0.397 e. The number of halogens is 3. The lowest BCUT2D eigenvalue weighted by atomic mass is 10.1. The summed E-state index contributed by atoms with van der Waals surface area (Å²) in [6, 6.07) is 7.58. The number of nitrogens with two attached hydrogens (primary N) is 1. The molecule has 3 aromatic rings. The lowest BCUT2D eigenvalue weighted by molar-refractivity contribution is -0.0583. The summed E-state index contributed by atoms with van der Waals surface area (Å²) in [5, 5.41) is 7.00. The second kappa shape index (κ2) is 6.03. The molecule has 3 N–H and O–H groups in total. The molecule has 0 aliphatic rings. The first-order valence-corrected chi connectivity index (χ1v) is 8.47. The van der Waals surface area contributed by atoms with E-state index >= 15 is 0 Å². The molecule has 8 heteroatoms. The van der Waals surface area contributed by atoms with Gasteiger partial charge in [0.2, 0.25) is 0 Å². The lowest BCUT2D eigenvalue weighted by Crippen LogP contribution is -2.20. The van der Waals surface area contributed by atoms with Gasteiger partial charge in [-0.2, -0.15) is 13.2 Å². The average Bonchev–Trinajstić information content (AvgIpc) is 3.03. The van der Waals surface area contributed by atoms with Crippen LogP contribution in [0.15, 0.2) is 36.5 Å². The van der Waals surface area contributed by atoms with E-state index in [1.54, 1.807) is 34.8 Å². The summed E-state index contributed by atoms with van der Waals surface area (Å²) < 4.78 is 39.7. The van der Waals surface area contributed by atoms with Gasteiger partial charge in [0.05, 0.1) is 11.4 Å². The zero-order chi connectivity index (χ0) is 17.5. The molecule has 0 radical (unpaired) electrons. The van der Waals surface area contributed by atoms with Crippen molar-refractivity contribution in [1.29, 1.82) is 5.41 Å². The van der Waals surface area contributed by atoms with Crippen molar-refractivity contribution in [3.8, 4) is 10.4 Å². The molecule has 0 aliphatic carbocycles. The Morgan fingerprint density at radius 1 is 1.21 bits per heavy atom. The minimum absolute atomic E-state index is 0.187. The molecular formula is C16H12F3N3S2. The molecule has 0 atom stereocenters. The summed E-state index contributed by atoms with van der Waals surface area (Å²) in [6.45, 7) is 2.04. The van der Waals surface area contributed by atoms with E-state index < -0.39 is 11.9 Å². The Balaban J connectivity index is 1.95. The maximum atomic E-state index is 12.4. The molecule has 0 spiro atoms. The molecule has 3 aromatic heterocycles. The van der Waals surface area contributed by atoms with E-state index in [0.717, 1.165) is 10.4 Å². The summed E-state index contributed by atoms with van der Waals surface area (Å²) in [5.74, 6) is 0. The molecule has 0 bridgehead atoms. The fourth-order valence-electron chi connectivity index (χ4n) is 2.15. The number of nitrogens with one attached hydrogen (secondary N) is 1. The molecule has 124 valence electrons. The van der Waals surface area contributed by atoms with Gasteiger partial charge in [-0.3, -0.25) is 10.4 Å². The maximum Gasteiger partial charge on any atom is 0.432 e. The summed E-state index contributed by atoms with van der Waals surface area (Å²) in [4.78, 5) is 6.24. The number of alkyl halides is 3. The van der Waals surface area contributed by atoms with Crippen molar-refractivity contribution in [3.63, 3.8) is 0 Å². The Labute approximate surface area is 143 Å². The van der Waals surface area contributed by atoms with Gasteiger partial charge in [-0.15, -0.1) is 22.7 Å². The van der Waals surface area contributed by atoms with Crippen LogP contribution in [-0.2, 0) is 0 Å². The van der Waals surface area contributed by atoms with Gasteiger partial charge in [0.1, 0.15) is 5.71 Å². The van der Waals surface area contributed by atoms with Crippen LogP contribution in [0.2, 0.25) is 0 Å². The predicted molar refractivity (Wildman–Crippen MR) is 93.6 cm³/mol. The molecule has 24 heavy (non-hydrogen) atoms. The van der Waals surface area contributed by atoms with Gasteiger partial charge in [-0.1, -0.05) is 0 Å². The molecule has 0 aliphatic heterocycles. The minimum atomic E-state index is -4.72. The highest BCUT2D eigenvalue weighted by Gasteiger charge is 2.32. The zero-order valence-corrected chi connectivity index (χ0v) is 14.1. The summed E-state index contributed by atoms with van der Waals surface area (Å²) >= 11 is 3.30. The third kappa shape index (κ3) is 3.34. The van der Waals surface area contributed by atoms with Crippen molar-refractivity contribution in [2.75, 3.05) is 0 Å². The van der Waals surface area contributed by atoms with Crippen LogP contribution < -0.4 is 5.73 Å². The Kier molecular flexibility index (Phi) is 4.18. The number of hydrogen-bond acceptors (Lipinski definition) is 5. The number of fused-ring (bicyclic) bond motifs is 1. The van der Waals surface area contributed by atoms with Crippen LogP contribution in [0.25, 0.3) is 25.5 Å². The first kappa shape index (κ1) is 16.7. The van der Waals surface area contributed by atoms with Crippen molar-refractivity contribution in [3.05, 3.63) is 47.1 Å². The lowest BCUT2D eigenvalue weighted by Gasteiger charge is -2.06. The topological polar surface area (TPSA) is 62.8 Å². The van der Waals surface area contributed by atoms with Crippen LogP contribution in [0.3, 0.4) is 0 Å². The number of rotatable bonds is 3. The summed E-state index contributed by atoms with van der Waals surface area (Å²) in [5.41, 5.74) is 5.04. The SMILES string of the molecule is Cc1cc2sc(-c3ccnc(/C(N)=C/C(=N)C(F)(F)F)c3)cc2s1. The molecule has 0 unspecified atom stereocenters. The van der Waals surface area contributed by atoms with Crippen molar-refractivity contribution in [2.24, 2.45) is 5.73 Å².